The predicted octanol–water partition coefficient (Wildman–Crippen LogP) is 11.2. The van der Waals surface area contributed by atoms with Gasteiger partial charge in [-0.3, -0.25) is 4.79 Å². The second-order valence-electron chi connectivity index (χ2n) is 22.6. The van der Waals surface area contributed by atoms with E-state index in [2.05, 4.69) is 66.8 Å². The third-order valence-electron chi connectivity index (χ3n) is 15.9. The molecule has 0 radical (unpaired) electrons. The zero-order chi connectivity index (χ0) is 58.8. The van der Waals surface area contributed by atoms with Gasteiger partial charge in [0.15, 0.2) is 43.9 Å². The molecule has 2 saturated heterocycles. The molecule has 2 aliphatic rings. The minimum absolute atomic E-state index is 0.0243. The number of hydrogen-bond acceptors (Lipinski definition) is 17. The van der Waals surface area contributed by atoms with E-state index in [9.17, 15) is 9.90 Å². The van der Waals surface area contributed by atoms with Gasteiger partial charge >= 0.3 is 0 Å². The Morgan fingerprint density at radius 3 is 1.67 bits per heavy atom. The quantitative estimate of drug-likeness (QED) is 0.0415. The molecular formula is C61H98O17Si. The van der Waals surface area contributed by atoms with E-state index in [0.29, 0.717) is 40.7 Å². The van der Waals surface area contributed by atoms with Crippen LogP contribution in [0.15, 0.2) is 71.8 Å². The summed E-state index contributed by atoms with van der Waals surface area (Å²) < 4.78 is 92.8. The third kappa shape index (κ3) is 18.1. The summed E-state index contributed by atoms with van der Waals surface area (Å²) in [6, 6.07) is 11.0. The van der Waals surface area contributed by atoms with Crippen molar-refractivity contribution in [2.45, 2.75) is 156 Å². The van der Waals surface area contributed by atoms with Gasteiger partial charge in [-0.15, -0.1) is 0 Å². The largest absolute Gasteiger partial charge is 0.493 e. The molecule has 0 unspecified atom stereocenters. The van der Waals surface area contributed by atoms with E-state index in [1.807, 2.05) is 77.1 Å². The van der Waals surface area contributed by atoms with Crippen LogP contribution < -0.4 is 18.9 Å². The molecule has 2 aromatic rings. The van der Waals surface area contributed by atoms with Crippen LogP contribution >= 0.6 is 0 Å². The van der Waals surface area contributed by atoms with Gasteiger partial charge in [0.1, 0.15) is 32.3 Å². The first-order valence-corrected chi connectivity index (χ1v) is 30.5. The summed E-state index contributed by atoms with van der Waals surface area (Å²) in [5, 5.41) is 10.6. The Kier molecular flexibility index (Phi) is 27.6. The zero-order valence-electron chi connectivity index (χ0n) is 51.2. The van der Waals surface area contributed by atoms with E-state index >= 15 is 0 Å². The number of benzene rings is 2. The average Bonchev–Trinajstić information content (AvgIpc) is 3.43. The second-order valence-corrected chi connectivity index (χ2v) is 27.4. The van der Waals surface area contributed by atoms with Crippen LogP contribution in [0.1, 0.15) is 106 Å². The van der Waals surface area contributed by atoms with Crippen molar-refractivity contribution in [2.24, 2.45) is 35.5 Å². The minimum atomic E-state index is -2.33. The molecule has 1 N–H and O–H groups in total. The number of aliphatic hydroxyl groups excluding tert-OH is 1. The van der Waals surface area contributed by atoms with Crippen molar-refractivity contribution >= 4 is 14.1 Å². The summed E-state index contributed by atoms with van der Waals surface area (Å²) in [6.07, 6.45) is 2.52. The highest BCUT2D eigenvalue weighted by molar-refractivity contribution is 6.74. The van der Waals surface area contributed by atoms with E-state index in [1.165, 1.54) is 7.11 Å². The lowest BCUT2D eigenvalue weighted by atomic mass is 9.79. The van der Waals surface area contributed by atoms with Gasteiger partial charge in [0.2, 0.25) is 0 Å². The van der Waals surface area contributed by atoms with Gasteiger partial charge in [-0.2, -0.15) is 0 Å². The van der Waals surface area contributed by atoms with Crippen LogP contribution in [0.3, 0.4) is 0 Å². The molecule has 79 heavy (non-hydrogen) atoms. The molecule has 0 amide bonds. The Hall–Kier alpha value is -3.73. The van der Waals surface area contributed by atoms with Crippen molar-refractivity contribution in [1.29, 1.82) is 0 Å². The number of allylic oxidation sites excluding steroid dienone is 4. The lowest BCUT2D eigenvalue weighted by molar-refractivity contribution is -0.310. The first kappa shape index (κ1) is 67.8. The molecule has 0 aliphatic carbocycles. The molecule has 0 spiro atoms. The van der Waals surface area contributed by atoms with Crippen LogP contribution in [-0.2, 0) is 56.6 Å². The van der Waals surface area contributed by atoms with Gasteiger partial charge in [-0.1, -0.05) is 91.8 Å². The smallest absolute Gasteiger partial charge is 0.191 e. The van der Waals surface area contributed by atoms with Crippen molar-refractivity contribution < 1.29 is 80.6 Å². The fourth-order valence-electron chi connectivity index (χ4n) is 10.5. The molecule has 2 fully saturated rings. The molecule has 2 heterocycles. The first-order chi connectivity index (χ1) is 37.5. The van der Waals surface area contributed by atoms with Crippen LogP contribution in [0.25, 0.3) is 0 Å². The molecule has 4 rings (SSSR count). The Bertz CT molecular complexity index is 2240. The number of ketones is 1. The summed E-state index contributed by atoms with van der Waals surface area (Å²) in [5.74, 6) is 0.268. The number of hydrogen-bond donors (Lipinski definition) is 1. The lowest BCUT2D eigenvalue weighted by Gasteiger charge is -2.47. The summed E-state index contributed by atoms with van der Waals surface area (Å²) in [5.41, 5.74) is 3.19. The monoisotopic (exact) mass is 1130 g/mol. The Balaban J connectivity index is 1.79. The highest BCUT2D eigenvalue weighted by Crippen LogP contribution is 2.46. The van der Waals surface area contributed by atoms with E-state index in [-0.39, 0.29) is 73.8 Å². The normalized spacial score (nSPS) is 25.3. The number of ether oxygens (including phenoxy) is 14. The van der Waals surface area contributed by atoms with Crippen molar-refractivity contribution in [3.63, 3.8) is 0 Å². The topological polar surface area (TPSA) is 176 Å². The SMILES string of the molecule is C/C=C\[C@H](C)/C=C(\C)[C@@H](OCOC)[C@@H](CO[Si](C)(C)C(C)(C)C)[C@H]1O[C@@H](c2ccc(OC)c(OC)c2)O[C@@H](CC(=O)[C@@H](C)/C=C(\C)[C@H](OCOC)[C@@H](C)[C@@H]2O[C@H](c3ccc(OC)c(OC)c3)O[C@H]([C@H](CO)OCOC)[C@@H]2C)[C@H]1C. The summed E-state index contributed by atoms with van der Waals surface area (Å²) in [6.45, 7) is 27.4. The van der Waals surface area contributed by atoms with Crippen molar-refractivity contribution in [3.8, 4) is 23.0 Å². The van der Waals surface area contributed by atoms with E-state index in [1.54, 1.807) is 48.7 Å². The van der Waals surface area contributed by atoms with Gasteiger partial charge < -0.3 is 75.8 Å². The highest BCUT2D eigenvalue weighted by atomic mass is 28.4. The first-order valence-electron chi connectivity index (χ1n) is 27.6. The molecule has 15 atom stereocenters. The predicted molar refractivity (Wildman–Crippen MR) is 306 cm³/mol. The van der Waals surface area contributed by atoms with Crippen LogP contribution in [0.4, 0.5) is 0 Å². The van der Waals surface area contributed by atoms with Crippen LogP contribution in [0.2, 0.25) is 18.1 Å². The minimum Gasteiger partial charge on any atom is -0.493 e. The van der Waals surface area contributed by atoms with Gasteiger partial charge in [0.05, 0.1) is 71.7 Å². The summed E-state index contributed by atoms with van der Waals surface area (Å²) in [4.78, 5) is 15.0. The van der Waals surface area contributed by atoms with E-state index < -0.39 is 69.5 Å². The van der Waals surface area contributed by atoms with Crippen LogP contribution in [-0.4, -0.2) is 145 Å². The van der Waals surface area contributed by atoms with E-state index in [0.717, 1.165) is 11.1 Å². The molecule has 448 valence electrons. The fourth-order valence-corrected chi connectivity index (χ4v) is 11.5. The summed E-state index contributed by atoms with van der Waals surface area (Å²) >= 11 is 0. The number of carbonyl (C=O) groups excluding carboxylic acids is 1. The molecule has 0 bridgehead atoms. The maximum atomic E-state index is 15.0. The molecule has 2 aromatic carbocycles. The number of rotatable bonds is 32. The number of carbonyl (C=O) groups is 1. The number of Topliss-reactive ketones (excluding diaryl/α,β-unsaturated/α-hetero) is 1. The third-order valence-corrected chi connectivity index (χ3v) is 20.4. The molecular weight excluding hydrogens is 1030 g/mol. The molecule has 0 saturated carbocycles. The van der Waals surface area contributed by atoms with Crippen molar-refractivity contribution in [1.82, 2.24) is 0 Å². The molecule has 17 nitrogen and oxygen atoms in total. The van der Waals surface area contributed by atoms with Gasteiger partial charge in [0.25, 0.3) is 0 Å². The van der Waals surface area contributed by atoms with E-state index in [4.69, 9.17) is 70.7 Å². The molecule has 18 heteroatoms. The Morgan fingerprint density at radius 1 is 0.671 bits per heavy atom. The van der Waals surface area contributed by atoms with Gasteiger partial charge in [-0.05, 0) is 80.2 Å². The lowest BCUT2D eigenvalue weighted by Crippen LogP contribution is -2.53. The maximum absolute atomic E-state index is 15.0. The highest BCUT2D eigenvalue weighted by Gasteiger charge is 2.49. The van der Waals surface area contributed by atoms with Crippen molar-refractivity contribution in [2.75, 3.05) is 83.4 Å². The number of methoxy groups -OCH3 is 7. The maximum Gasteiger partial charge on any atom is 0.191 e. The second kappa shape index (κ2) is 32.2. The Morgan fingerprint density at radius 2 is 1.16 bits per heavy atom. The molecule has 2 aliphatic heterocycles. The average molecular weight is 1130 g/mol. The van der Waals surface area contributed by atoms with Gasteiger partial charge in [-0.25, -0.2) is 0 Å². The zero-order valence-corrected chi connectivity index (χ0v) is 52.2. The molecule has 0 aromatic heterocycles. The fraction of sp³-hybridized carbons (Fsp3) is 0.689. The number of aliphatic hydroxyl groups is 1. The van der Waals surface area contributed by atoms with Gasteiger partial charge in [0, 0.05) is 75.1 Å². The summed E-state index contributed by atoms with van der Waals surface area (Å²) in [7, 11) is 8.70. The Labute approximate surface area is 473 Å². The van der Waals surface area contributed by atoms with Crippen LogP contribution in [0, 0.1) is 35.5 Å². The van der Waals surface area contributed by atoms with Crippen molar-refractivity contribution in [3.05, 3.63) is 83.0 Å². The van der Waals surface area contributed by atoms with Crippen LogP contribution in [0.5, 0.6) is 23.0 Å². The standard InChI is InChI=1S/C61H98O17Si/c1-21-22-37(2)27-39(4)55(73-36-66-14)46(33-74-79(19,20)61(9,10)11)57-41(6)50(75-59(77-57)44-23-25-48(67-15)51(29-44)69-17)31-47(63)38(3)28-40(5)54(72-35-65-13)42(7)56-43(8)58(53(32-62)71-34-64-12)78-60(76-56)45-24-26-49(68-16)52(30-45)70-18/h21-30,37-38,41-43,46,50,53-60,62H,31-36H2,1-20H3/b22-21-,39-27+,40-28+/t37-,38-,41+,42+,43+,46+,50-,53-,54-,55+,56-,57-,58-,59-,60-/m0/s1.